The average Bonchev–Trinajstić information content (AvgIpc) is 2.53. The van der Waals surface area contributed by atoms with Gasteiger partial charge in [-0.25, -0.2) is 0 Å². The Morgan fingerprint density at radius 3 is 2.22 bits per heavy atom. The fourth-order valence-corrected chi connectivity index (χ4v) is 3.77. The van der Waals surface area contributed by atoms with Crippen LogP contribution >= 0.6 is 0 Å². The smallest absolute Gasteiger partial charge is 0.00672 e. The van der Waals surface area contributed by atoms with Crippen molar-refractivity contribution in [2.75, 3.05) is 6.54 Å². The summed E-state index contributed by atoms with van der Waals surface area (Å²) in [6.07, 6.45) is 17.6. The van der Waals surface area contributed by atoms with Gasteiger partial charge < -0.3 is 5.32 Å². The molecule has 106 valence electrons. The van der Waals surface area contributed by atoms with Gasteiger partial charge in [0, 0.05) is 6.04 Å². The van der Waals surface area contributed by atoms with Crippen molar-refractivity contribution in [1.82, 2.24) is 5.32 Å². The van der Waals surface area contributed by atoms with E-state index >= 15 is 0 Å². The SMILES string of the molecule is CC1CCCC(NCC2CCCCCCC2)CC1. The molecule has 1 heteroatoms. The van der Waals surface area contributed by atoms with Crippen LogP contribution in [0.1, 0.15) is 84.0 Å². The van der Waals surface area contributed by atoms with Gasteiger partial charge in [0.2, 0.25) is 0 Å². The Labute approximate surface area is 114 Å². The van der Waals surface area contributed by atoms with E-state index < -0.39 is 0 Å². The molecule has 0 aromatic rings. The van der Waals surface area contributed by atoms with Crippen LogP contribution in [0.2, 0.25) is 0 Å². The fraction of sp³-hybridized carbons (Fsp3) is 1.00. The van der Waals surface area contributed by atoms with Crippen molar-refractivity contribution in [1.29, 1.82) is 0 Å². The van der Waals surface area contributed by atoms with Crippen LogP contribution in [0.15, 0.2) is 0 Å². The van der Waals surface area contributed by atoms with Gasteiger partial charge in [-0.1, -0.05) is 51.9 Å². The molecule has 0 aliphatic heterocycles. The lowest BCUT2D eigenvalue weighted by Gasteiger charge is -2.23. The molecule has 0 aromatic heterocycles. The molecule has 0 aromatic carbocycles. The van der Waals surface area contributed by atoms with E-state index in [-0.39, 0.29) is 0 Å². The predicted octanol–water partition coefficient (Wildman–Crippen LogP) is 4.91. The van der Waals surface area contributed by atoms with Crippen LogP contribution in [0.25, 0.3) is 0 Å². The minimum absolute atomic E-state index is 0.834. The van der Waals surface area contributed by atoms with Crippen molar-refractivity contribution >= 4 is 0 Å². The molecule has 0 heterocycles. The summed E-state index contributed by atoms with van der Waals surface area (Å²) >= 11 is 0. The number of nitrogens with one attached hydrogen (secondary N) is 1. The predicted molar refractivity (Wildman–Crippen MR) is 79.8 cm³/mol. The second-order valence-electron chi connectivity index (χ2n) is 6.93. The monoisotopic (exact) mass is 251 g/mol. The van der Waals surface area contributed by atoms with Crippen molar-refractivity contribution in [2.24, 2.45) is 11.8 Å². The molecule has 0 spiro atoms. The van der Waals surface area contributed by atoms with Crippen LogP contribution in [0, 0.1) is 11.8 Å². The third kappa shape index (κ3) is 5.30. The first kappa shape index (κ1) is 14.4. The van der Waals surface area contributed by atoms with Gasteiger partial charge in [-0.2, -0.15) is 0 Å². The molecule has 1 N–H and O–H groups in total. The van der Waals surface area contributed by atoms with Crippen LogP contribution in [0.3, 0.4) is 0 Å². The van der Waals surface area contributed by atoms with Gasteiger partial charge in [-0.3, -0.25) is 0 Å². The van der Waals surface area contributed by atoms with Crippen LogP contribution < -0.4 is 5.32 Å². The van der Waals surface area contributed by atoms with E-state index in [1.165, 1.54) is 83.6 Å². The lowest BCUT2D eigenvalue weighted by molar-refractivity contribution is 0.333. The zero-order chi connectivity index (χ0) is 12.6. The third-order valence-electron chi connectivity index (χ3n) is 5.18. The maximum Gasteiger partial charge on any atom is 0.00672 e. The number of hydrogen-bond donors (Lipinski definition) is 1. The van der Waals surface area contributed by atoms with E-state index in [4.69, 9.17) is 0 Å². The van der Waals surface area contributed by atoms with Gasteiger partial charge in [0.05, 0.1) is 0 Å². The van der Waals surface area contributed by atoms with Gasteiger partial charge in [0.15, 0.2) is 0 Å². The van der Waals surface area contributed by atoms with E-state index in [2.05, 4.69) is 12.2 Å². The van der Waals surface area contributed by atoms with Crippen molar-refractivity contribution in [3.8, 4) is 0 Å². The Kier molecular flexibility index (Phi) is 6.54. The summed E-state index contributed by atoms with van der Waals surface area (Å²) in [5.74, 6) is 1.95. The van der Waals surface area contributed by atoms with Gasteiger partial charge in [0.25, 0.3) is 0 Å². The summed E-state index contributed by atoms with van der Waals surface area (Å²) in [4.78, 5) is 0. The lowest BCUT2D eigenvalue weighted by Crippen LogP contribution is -2.33. The summed E-state index contributed by atoms with van der Waals surface area (Å²) < 4.78 is 0. The molecular formula is C17H33N. The topological polar surface area (TPSA) is 12.0 Å². The van der Waals surface area contributed by atoms with Gasteiger partial charge >= 0.3 is 0 Å². The Bertz CT molecular complexity index is 201. The highest BCUT2D eigenvalue weighted by atomic mass is 14.9. The quantitative estimate of drug-likeness (QED) is 0.703. The largest absolute Gasteiger partial charge is 0.314 e. The van der Waals surface area contributed by atoms with Gasteiger partial charge in [0.1, 0.15) is 0 Å². The van der Waals surface area contributed by atoms with Crippen molar-refractivity contribution in [3.05, 3.63) is 0 Å². The second-order valence-corrected chi connectivity index (χ2v) is 6.93. The van der Waals surface area contributed by atoms with Crippen LogP contribution in [-0.4, -0.2) is 12.6 Å². The summed E-state index contributed by atoms with van der Waals surface area (Å²) in [5, 5.41) is 3.90. The van der Waals surface area contributed by atoms with E-state index in [1.807, 2.05) is 0 Å². The van der Waals surface area contributed by atoms with Crippen molar-refractivity contribution < 1.29 is 0 Å². The minimum atomic E-state index is 0.834. The maximum absolute atomic E-state index is 3.90. The molecule has 0 saturated heterocycles. The standard InChI is InChI=1S/C17H33N/c1-15-8-7-11-17(13-12-15)18-14-16-9-5-3-2-4-6-10-16/h15-18H,2-14H2,1H3. The molecule has 0 amide bonds. The second kappa shape index (κ2) is 8.19. The van der Waals surface area contributed by atoms with Crippen LogP contribution in [0.5, 0.6) is 0 Å². The maximum atomic E-state index is 3.90. The normalized spacial score (nSPS) is 32.5. The highest BCUT2D eigenvalue weighted by molar-refractivity contribution is 4.75. The van der Waals surface area contributed by atoms with Crippen LogP contribution in [-0.2, 0) is 0 Å². The molecule has 18 heavy (non-hydrogen) atoms. The zero-order valence-electron chi connectivity index (χ0n) is 12.4. The molecule has 0 radical (unpaired) electrons. The Morgan fingerprint density at radius 2 is 1.44 bits per heavy atom. The number of hydrogen-bond acceptors (Lipinski definition) is 1. The third-order valence-corrected chi connectivity index (χ3v) is 5.18. The Hall–Kier alpha value is -0.0400. The molecule has 2 aliphatic rings. The van der Waals surface area contributed by atoms with Gasteiger partial charge in [-0.15, -0.1) is 0 Å². The molecule has 1 nitrogen and oxygen atoms in total. The van der Waals surface area contributed by atoms with E-state index in [1.54, 1.807) is 0 Å². The van der Waals surface area contributed by atoms with Crippen LogP contribution in [0.4, 0.5) is 0 Å². The Balaban J connectivity index is 1.65. The molecule has 2 rings (SSSR count). The number of rotatable bonds is 3. The van der Waals surface area contributed by atoms with Crippen molar-refractivity contribution in [2.45, 2.75) is 90.0 Å². The first-order valence-corrected chi connectivity index (χ1v) is 8.58. The first-order chi connectivity index (χ1) is 8.84. The first-order valence-electron chi connectivity index (χ1n) is 8.58. The summed E-state index contributed by atoms with van der Waals surface area (Å²) in [7, 11) is 0. The average molecular weight is 251 g/mol. The molecule has 2 aliphatic carbocycles. The van der Waals surface area contributed by atoms with E-state index in [0.717, 1.165) is 17.9 Å². The lowest BCUT2D eigenvalue weighted by atomic mass is 9.91. The molecular weight excluding hydrogens is 218 g/mol. The van der Waals surface area contributed by atoms with E-state index in [0.29, 0.717) is 0 Å². The highest BCUT2D eigenvalue weighted by Crippen LogP contribution is 2.24. The summed E-state index contributed by atoms with van der Waals surface area (Å²) in [5.41, 5.74) is 0. The zero-order valence-corrected chi connectivity index (χ0v) is 12.4. The Morgan fingerprint density at radius 1 is 0.722 bits per heavy atom. The molecule has 2 unspecified atom stereocenters. The fourth-order valence-electron chi connectivity index (χ4n) is 3.77. The van der Waals surface area contributed by atoms with Gasteiger partial charge in [-0.05, 0) is 50.5 Å². The molecule has 2 saturated carbocycles. The van der Waals surface area contributed by atoms with Crippen molar-refractivity contribution in [3.63, 3.8) is 0 Å². The van der Waals surface area contributed by atoms with E-state index in [9.17, 15) is 0 Å². The summed E-state index contributed by atoms with van der Waals surface area (Å²) in [6, 6.07) is 0.834. The summed E-state index contributed by atoms with van der Waals surface area (Å²) in [6.45, 7) is 3.73. The molecule has 0 bridgehead atoms. The minimum Gasteiger partial charge on any atom is -0.314 e. The molecule has 2 atom stereocenters. The highest BCUT2D eigenvalue weighted by Gasteiger charge is 2.17. The molecule has 2 fully saturated rings.